The number of thiophene rings is 1. The fraction of sp³-hybridized carbons (Fsp3) is 0.143. The molecule has 0 aliphatic rings. The second-order valence-corrected chi connectivity index (χ2v) is 9.13. The molecule has 170 valence electrons. The molecule has 0 aliphatic heterocycles. The molecule has 0 unspecified atom stereocenters. The van der Waals surface area contributed by atoms with E-state index >= 15 is 0 Å². The largest absolute Gasteiger partial charge is 0.486 e. The summed E-state index contributed by atoms with van der Waals surface area (Å²) in [6.45, 7) is 0.765. The van der Waals surface area contributed by atoms with Crippen LogP contribution in [0.15, 0.2) is 89.7 Å². The van der Waals surface area contributed by atoms with Crippen LogP contribution in [0.25, 0.3) is 21.0 Å². The highest BCUT2D eigenvalue weighted by atomic mass is 32.1. The summed E-state index contributed by atoms with van der Waals surface area (Å²) in [5, 5.41) is 4.39. The lowest BCUT2D eigenvalue weighted by molar-refractivity contribution is 0.0954. The number of hydrogen-bond donors (Lipinski definition) is 1. The molecule has 0 saturated heterocycles. The van der Waals surface area contributed by atoms with Crippen molar-refractivity contribution in [1.29, 1.82) is 0 Å². The molecule has 0 atom stereocenters. The van der Waals surface area contributed by atoms with E-state index in [1.807, 2.05) is 84.9 Å². The molecule has 0 aliphatic carbocycles. The summed E-state index contributed by atoms with van der Waals surface area (Å²) in [7, 11) is 1.75. The molecule has 0 fully saturated rings. The van der Waals surface area contributed by atoms with Gasteiger partial charge in [0.05, 0.1) is 10.2 Å². The predicted molar refractivity (Wildman–Crippen MR) is 138 cm³/mol. The van der Waals surface area contributed by atoms with Crippen LogP contribution >= 0.6 is 11.3 Å². The van der Waals surface area contributed by atoms with Gasteiger partial charge >= 0.3 is 0 Å². The van der Waals surface area contributed by atoms with Crippen molar-refractivity contribution in [3.8, 4) is 5.75 Å². The number of benzene rings is 3. The Morgan fingerprint density at radius 2 is 1.56 bits per heavy atom. The van der Waals surface area contributed by atoms with Crippen molar-refractivity contribution in [2.45, 2.75) is 13.0 Å². The average molecular weight is 469 g/mol. The van der Waals surface area contributed by atoms with Crippen molar-refractivity contribution in [3.63, 3.8) is 0 Å². The van der Waals surface area contributed by atoms with Crippen molar-refractivity contribution < 1.29 is 9.53 Å². The summed E-state index contributed by atoms with van der Waals surface area (Å²) in [5.41, 5.74) is 2.78. The summed E-state index contributed by atoms with van der Waals surface area (Å²) >= 11 is 1.32. The fourth-order valence-electron chi connectivity index (χ4n) is 4.10. The van der Waals surface area contributed by atoms with E-state index in [0.717, 1.165) is 33.2 Å². The Bertz CT molecular complexity index is 1520. The van der Waals surface area contributed by atoms with Gasteiger partial charge in [0.25, 0.3) is 11.5 Å². The number of fused-ring (bicyclic) bond motifs is 3. The fourth-order valence-corrected chi connectivity index (χ4v) is 5.28. The zero-order valence-electron chi connectivity index (χ0n) is 18.8. The molecule has 2 aromatic heterocycles. The number of carbonyl (C=O) groups excluding carboxylic acids is 1. The Labute approximate surface area is 201 Å². The van der Waals surface area contributed by atoms with Crippen molar-refractivity contribution in [2.24, 2.45) is 7.05 Å². The SMILES string of the molecule is Cn1c(=O)c2c(OCc3ccccc3)c(C(=O)NCCc3ccccc3)sc2c2ccccc21. The summed E-state index contributed by atoms with van der Waals surface area (Å²) < 4.78 is 8.58. The number of nitrogens with zero attached hydrogens (tertiary/aromatic N) is 1. The number of nitrogens with one attached hydrogen (secondary N) is 1. The summed E-state index contributed by atoms with van der Waals surface area (Å²) in [6, 6.07) is 27.5. The Balaban J connectivity index is 1.55. The third-order valence-corrected chi connectivity index (χ3v) is 7.07. The highest BCUT2D eigenvalue weighted by Crippen LogP contribution is 2.40. The number of ether oxygens (including phenoxy) is 1. The Morgan fingerprint density at radius 1 is 0.912 bits per heavy atom. The lowest BCUT2D eigenvalue weighted by Gasteiger charge is -2.10. The van der Waals surface area contributed by atoms with E-state index in [1.165, 1.54) is 11.3 Å². The van der Waals surface area contributed by atoms with Crippen molar-refractivity contribution in [2.75, 3.05) is 6.54 Å². The minimum atomic E-state index is -0.230. The van der Waals surface area contributed by atoms with E-state index in [1.54, 1.807) is 11.6 Å². The van der Waals surface area contributed by atoms with Crippen LogP contribution in [-0.4, -0.2) is 17.0 Å². The van der Waals surface area contributed by atoms with Gasteiger partial charge in [0.2, 0.25) is 0 Å². The molecular formula is C28H24N2O3S. The van der Waals surface area contributed by atoms with Crippen LogP contribution in [0.2, 0.25) is 0 Å². The van der Waals surface area contributed by atoms with Crippen LogP contribution in [-0.2, 0) is 20.1 Å². The number of carbonyl (C=O) groups is 1. The normalized spacial score (nSPS) is 11.1. The van der Waals surface area contributed by atoms with Crippen LogP contribution in [0.4, 0.5) is 0 Å². The van der Waals surface area contributed by atoms with Gasteiger partial charge < -0.3 is 14.6 Å². The van der Waals surface area contributed by atoms with Crippen molar-refractivity contribution in [1.82, 2.24) is 9.88 Å². The summed E-state index contributed by atoms with van der Waals surface area (Å²) in [6.07, 6.45) is 0.725. The van der Waals surface area contributed by atoms with Gasteiger partial charge in [-0.2, -0.15) is 0 Å². The maximum absolute atomic E-state index is 13.4. The van der Waals surface area contributed by atoms with Gasteiger partial charge in [0.15, 0.2) is 5.75 Å². The van der Waals surface area contributed by atoms with Crippen LogP contribution in [0.5, 0.6) is 5.75 Å². The zero-order chi connectivity index (χ0) is 23.5. The van der Waals surface area contributed by atoms with E-state index in [9.17, 15) is 9.59 Å². The molecule has 0 spiro atoms. The topological polar surface area (TPSA) is 60.3 Å². The number of rotatable bonds is 7. The second kappa shape index (κ2) is 9.53. The van der Waals surface area contributed by atoms with Gasteiger partial charge in [0, 0.05) is 19.0 Å². The molecule has 0 radical (unpaired) electrons. The lowest BCUT2D eigenvalue weighted by Crippen LogP contribution is -2.25. The number of amides is 1. The van der Waals surface area contributed by atoms with E-state index < -0.39 is 0 Å². The first-order chi connectivity index (χ1) is 16.6. The van der Waals surface area contributed by atoms with Gasteiger partial charge in [-0.15, -0.1) is 11.3 Å². The number of pyridine rings is 1. The molecular weight excluding hydrogens is 444 g/mol. The first-order valence-corrected chi connectivity index (χ1v) is 12.0. The highest BCUT2D eigenvalue weighted by Gasteiger charge is 2.24. The Hall–Kier alpha value is -3.90. The molecule has 6 heteroatoms. The van der Waals surface area contributed by atoms with E-state index in [4.69, 9.17) is 4.74 Å². The van der Waals surface area contributed by atoms with Gasteiger partial charge in [0.1, 0.15) is 16.9 Å². The average Bonchev–Trinajstić information content (AvgIpc) is 3.27. The predicted octanol–water partition coefficient (Wildman–Crippen LogP) is 5.30. The maximum Gasteiger partial charge on any atom is 0.265 e. The highest BCUT2D eigenvalue weighted by molar-refractivity contribution is 7.22. The molecule has 34 heavy (non-hydrogen) atoms. The molecule has 5 aromatic rings. The minimum absolute atomic E-state index is 0.170. The zero-order valence-corrected chi connectivity index (χ0v) is 19.6. The monoisotopic (exact) mass is 468 g/mol. The number of hydrogen-bond acceptors (Lipinski definition) is 4. The van der Waals surface area contributed by atoms with Gasteiger partial charge in [-0.3, -0.25) is 9.59 Å². The molecule has 2 heterocycles. The molecule has 5 rings (SSSR count). The van der Waals surface area contributed by atoms with E-state index in [2.05, 4.69) is 5.32 Å². The third kappa shape index (κ3) is 4.20. The number of aryl methyl sites for hydroxylation is 1. The first kappa shape index (κ1) is 21.9. The standard InChI is InChI=1S/C28H24N2O3S/c1-30-22-15-9-8-14-21(22)25-23(28(30)32)24(33-18-20-12-6-3-7-13-20)26(34-25)27(31)29-17-16-19-10-4-2-5-11-19/h2-15H,16-18H2,1H3,(H,29,31). The van der Waals surface area contributed by atoms with Crippen LogP contribution in [0.3, 0.4) is 0 Å². The Morgan fingerprint density at radius 3 is 2.29 bits per heavy atom. The van der Waals surface area contributed by atoms with Crippen molar-refractivity contribution in [3.05, 3.63) is 111 Å². The molecule has 0 bridgehead atoms. The third-order valence-electron chi connectivity index (χ3n) is 5.87. The van der Waals surface area contributed by atoms with Gasteiger partial charge in [-0.1, -0.05) is 78.9 Å². The number of para-hydroxylation sites is 1. The quantitative estimate of drug-likeness (QED) is 0.352. The maximum atomic E-state index is 13.4. The number of aromatic nitrogens is 1. The van der Waals surface area contributed by atoms with Gasteiger partial charge in [-0.25, -0.2) is 0 Å². The van der Waals surface area contributed by atoms with Gasteiger partial charge in [-0.05, 0) is 23.6 Å². The molecule has 3 aromatic carbocycles. The first-order valence-electron chi connectivity index (χ1n) is 11.2. The lowest BCUT2D eigenvalue weighted by atomic mass is 10.1. The van der Waals surface area contributed by atoms with E-state index in [0.29, 0.717) is 22.6 Å². The minimum Gasteiger partial charge on any atom is -0.486 e. The molecule has 5 nitrogen and oxygen atoms in total. The smallest absolute Gasteiger partial charge is 0.265 e. The van der Waals surface area contributed by atoms with Crippen LogP contribution < -0.4 is 15.6 Å². The van der Waals surface area contributed by atoms with E-state index in [-0.39, 0.29) is 18.1 Å². The molecule has 1 amide bonds. The molecule has 0 saturated carbocycles. The van der Waals surface area contributed by atoms with Crippen molar-refractivity contribution >= 4 is 38.2 Å². The van der Waals surface area contributed by atoms with Crippen LogP contribution in [0.1, 0.15) is 20.8 Å². The summed E-state index contributed by atoms with van der Waals surface area (Å²) in [5.74, 6) is 0.124. The van der Waals surface area contributed by atoms with Crippen LogP contribution in [0, 0.1) is 0 Å². The summed E-state index contributed by atoms with van der Waals surface area (Å²) in [4.78, 5) is 27.1. The Kier molecular flexibility index (Phi) is 6.14. The molecule has 1 N–H and O–H groups in total. The second-order valence-electron chi connectivity index (χ2n) is 8.11.